The van der Waals surface area contributed by atoms with Gasteiger partial charge in [0, 0.05) is 18.3 Å². The van der Waals surface area contributed by atoms with Gasteiger partial charge in [0.1, 0.15) is 0 Å². The standard InChI is InChI=1S/C15H24N2O/c1-2-14-12-18-11-10-17(14)9-5-7-13-6-3-4-8-15(13)16/h3-4,6,8,14H,2,5,7,9-12,16H2,1H3. The van der Waals surface area contributed by atoms with Gasteiger partial charge in [0.05, 0.1) is 13.2 Å². The monoisotopic (exact) mass is 248 g/mol. The molecule has 2 rings (SSSR count). The van der Waals surface area contributed by atoms with Gasteiger partial charge in [0.15, 0.2) is 0 Å². The molecule has 1 aliphatic rings. The van der Waals surface area contributed by atoms with Gasteiger partial charge in [-0.3, -0.25) is 4.90 Å². The van der Waals surface area contributed by atoms with Crippen LogP contribution < -0.4 is 5.73 Å². The van der Waals surface area contributed by atoms with Crippen LogP contribution in [-0.4, -0.2) is 37.2 Å². The fourth-order valence-electron chi connectivity index (χ4n) is 2.59. The summed E-state index contributed by atoms with van der Waals surface area (Å²) in [6.45, 7) is 6.23. The number of nitrogens with two attached hydrogens (primary N) is 1. The molecule has 1 atom stereocenters. The smallest absolute Gasteiger partial charge is 0.0622 e. The molecule has 0 amide bonds. The van der Waals surface area contributed by atoms with Crippen molar-refractivity contribution >= 4 is 5.69 Å². The van der Waals surface area contributed by atoms with Gasteiger partial charge in [0.25, 0.3) is 0 Å². The Labute approximate surface area is 110 Å². The number of para-hydroxylation sites is 1. The van der Waals surface area contributed by atoms with E-state index in [1.807, 2.05) is 12.1 Å². The maximum absolute atomic E-state index is 5.96. The summed E-state index contributed by atoms with van der Waals surface area (Å²) in [4.78, 5) is 2.56. The zero-order chi connectivity index (χ0) is 12.8. The Morgan fingerprint density at radius 3 is 3.00 bits per heavy atom. The Morgan fingerprint density at radius 2 is 2.22 bits per heavy atom. The lowest BCUT2D eigenvalue weighted by Gasteiger charge is -2.35. The Bertz CT molecular complexity index is 367. The van der Waals surface area contributed by atoms with Crippen molar-refractivity contribution in [3.63, 3.8) is 0 Å². The lowest BCUT2D eigenvalue weighted by molar-refractivity contribution is -0.00886. The number of benzene rings is 1. The van der Waals surface area contributed by atoms with Gasteiger partial charge in [-0.05, 0) is 37.4 Å². The highest BCUT2D eigenvalue weighted by Gasteiger charge is 2.20. The molecule has 1 aromatic carbocycles. The zero-order valence-corrected chi connectivity index (χ0v) is 11.3. The number of hydrogen-bond acceptors (Lipinski definition) is 3. The summed E-state index contributed by atoms with van der Waals surface area (Å²) in [5.74, 6) is 0. The average Bonchev–Trinajstić information content (AvgIpc) is 2.41. The largest absolute Gasteiger partial charge is 0.399 e. The maximum Gasteiger partial charge on any atom is 0.0622 e. The van der Waals surface area contributed by atoms with Crippen LogP contribution in [0.5, 0.6) is 0 Å². The zero-order valence-electron chi connectivity index (χ0n) is 11.3. The molecule has 0 bridgehead atoms. The number of ether oxygens (including phenoxy) is 1. The molecule has 0 spiro atoms. The predicted molar refractivity (Wildman–Crippen MR) is 75.6 cm³/mol. The van der Waals surface area contributed by atoms with Crippen molar-refractivity contribution in [2.75, 3.05) is 32.0 Å². The first-order valence-corrected chi connectivity index (χ1v) is 6.96. The lowest BCUT2D eigenvalue weighted by Crippen LogP contribution is -2.45. The van der Waals surface area contributed by atoms with E-state index in [4.69, 9.17) is 10.5 Å². The minimum atomic E-state index is 0.604. The van der Waals surface area contributed by atoms with Crippen molar-refractivity contribution in [3.05, 3.63) is 29.8 Å². The van der Waals surface area contributed by atoms with E-state index in [-0.39, 0.29) is 0 Å². The fourth-order valence-corrected chi connectivity index (χ4v) is 2.59. The van der Waals surface area contributed by atoms with Crippen LogP contribution in [0.3, 0.4) is 0 Å². The van der Waals surface area contributed by atoms with Gasteiger partial charge in [-0.1, -0.05) is 25.1 Å². The lowest BCUT2D eigenvalue weighted by atomic mass is 10.1. The number of morpholine rings is 1. The van der Waals surface area contributed by atoms with Crippen molar-refractivity contribution in [1.82, 2.24) is 4.90 Å². The van der Waals surface area contributed by atoms with Crippen LogP contribution in [0.1, 0.15) is 25.3 Å². The Morgan fingerprint density at radius 1 is 1.39 bits per heavy atom. The van der Waals surface area contributed by atoms with E-state index in [1.54, 1.807) is 0 Å². The predicted octanol–water partition coefficient (Wildman–Crippen LogP) is 2.31. The first-order chi connectivity index (χ1) is 8.81. The number of nitrogens with zero attached hydrogens (tertiary/aromatic N) is 1. The van der Waals surface area contributed by atoms with E-state index in [0.717, 1.165) is 38.4 Å². The van der Waals surface area contributed by atoms with Gasteiger partial charge in [-0.25, -0.2) is 0 Å². The highest BCUT2D eigenvalue weighted by molar-refractivity contribution is 5.46. The van der Waals surface area contributed by atoms with Crippen molar-refractivity contribution in [3.8, 4) is 0 Å². The highest BCUT2D eigenvalue weighted by Crippen LogP contribution is 2.15. The van der Waals surface area contributed by atoms with E-state index in [2.05, 4.69) is 24.0 Å². The first-order valence-electron chi connectivity index (χ1n) is 6.96. The molecular weight excluding hydrogens is 224 g/mol. The van der Waals surface area contributed by atoms with Gasteiger partial charge in [-0.2, -0.15) is 0 Å². The van der Waals surface area contributed by atoms with E-state index in [9.17, 15) is 0 Å². The van der Waals surface area contributed by atoms with Crippen LogP contribution in [0.4, 0.5) is 5.69 Å². The summed E-state index contributed by atoms with van der Waals surface area (Å²) >= 11 is 0. The number of nitrogen functional groups attached to an aromatic ring is 1. The molecule has 2 N–H and O–H groups in total. The van der Waals surface area contributed by atoms with Crippen molar-refractivity contribution in [2.24, 2.45) is 0 Å². The van der Waals surface area contributed by atoms with Gasteiger partial charge in [0.2, 0.25) is 0 Å². The van der Waals surface area contributed by atoms with Crippen LogP contribution in [0, 0.1) is 0 Å². The summed E-state index contributed by atoms with van der Waals surface area (Å²) in [6.07, 6.45) is 3.42. The molecular formula is C15H24N2O. The Hall–Kier alpha value is -1.06. The number of rotatable bonds is 5. The summed E-state index contributed by atoms with van der Waals surface area (Å²) in [5, 5.41) is 0. The van der Waals surface area contributed by atoms with Crippen molar-refractivity contribution in [2.45, 2.75) is 32.2 Å². The topological polar surface area (TPSA) is 38.5 Å². The second kappa shape index (κ2) is 6.76. The molecule has 3 heteroatoms. The first kappa shape index (κ1) is 13.4. The molecule has 0 aliphatic carbocycles. The third kappa shape index (κ3) is 3.47. The average molecular weight is 248 g/mol. The normalized spacial score (nSPS) is 21.1. The number of aryl methyl sites for hydroxylation is 1. The van der Waals surface area contributed by atoms with Crippen LogP contribution >= 0.6 is 0 Å². The summed E-state index contributed by atoms with van der Waals surface area (Å²) in [7, 11) is 0. The maximum atomic E-state index is 5.96. The second-order valence-corrected chi connectivity index (χ2v) is 4.98. The van der Waals surface area contributed by atoms with Crippen LogP contribution in [0.25, 0.3) is 0 Å². The molecule has 100 valence electrons. The summed E-state index contributed by atoms with van der Waals surface area (Å²) in [5.41, 5.74) is 8.16. The van der Waals surface area contributed by atoms with E-state index < -0.39 is 0 Å². The van der Waals surface area contributed by atoms with Gasteiger partial charge in [-0.15, -0.1) is 0 Å². The molecule has 1 unspecified atom stereocenters. The van der Waals surface area contributed by atoms with Crippen LogP contribution in [0.2, 0.25) is 0 Å². The van der Waals surface area contributed by atoms with Gasteiger partial charge >= 0.3 is 0 Å². The van der Waals surface area contributed by atoms with Gasteiger partial charge < -0.3 is 10.5 Å². The number of hydrogen-bond donors (Lipinski definition) is 1. The summed E-state index contributed by atoms with van der Waals surface area (Å²) < 4.78 is 5.53. The third-order valence-electron chi connectivity index (χ3n) is 3.77. The van der Waals surface area contributed by atoms with Crippen LogP contribution in [-0.2, 0) is 11.2 Å². The minimum absolute atomic E-state index is 0.604. The second-order valence-electron chi connectivity index (χ2n) is 4.98. The SMILES string of the molecule is CCC1COCCN1CCCc1ccccc1N. The quantitative estimate of drug-likeness (QED) is 0.813. The van der Waals surface area contributed by atoms with E-state index >= 15 is 0 Å². The Balaban J connectivity index is 1.79. The number of anilines is 1. The summed E-state index contributed by atoms with van der Waals surface area (Å²) in [6, 6.07) is 8.78. The molecule has 1 aromatic rings. The van der Waals surface area contributed by atoms with E-state index in [0.29, 0.717) is 6.04 Å². The molecule has 1 aliphatic heterocycles. The minimum Gasteiger partial charge on any atom is -0.399 e. The highest BCUT2D eigenvalue weighted by atomic mass is 16.5. The third-order valence-corrected chi connectivity index (χ3v) is 3.77. The molecule has 0 radical (unpaired) electrons. The fraction of sp³-hybridized carbons (Fsp3) is 0.600. The molecule has 18 heavy (non-hydrogen) atoms. The van der Waals surface area contributed by atoms with E-state index in [1.165, 1.54) is 18.4 Å². The molecule has 0 saturated carbocycles. The van der Waals surface area contributed by atoms with Crippen LogP contribution in [0.15, 0.2) is 24.3 Å². The molecule has 3 nitrogen and oxygen atoms in total. The van der Waals surface area contributed by atoms with Crippen molar-refractivity contribution < 1.29 is 4.74 Å². The molecule has 0 aromatic heterocycles. The van der Waals surface area contributed by atoms with Crippen molar-refractivity contribution in [1.29, 1.82) is 0 Å². The molecule has 1 heterocycles. The molecule has 1 fully saturated rings. The Kier molecular flexibility index (Phi) is 5.02. The molecule has 1 saturated heterocycles.